The van der Waals surface area contributed by atoms with Crippen molar-refractivity contribution in [1.29, 1.82) is 0 Å². The third-order valence-corrected chi connectivity index (χ3v) is 4.37. The quantitative estimate of drug-likeness (QED) is 0.812. The standard InChI is InChI=1S/C17H17NO4S/c19-16(18-10-13-5-2-1-3-6-13)12-23(22)11-14-7-4-8-15(9-14)17(20)21/h1-9H,10-12H2,(H,18,19)(H,20,21). The zero-order valence-corrected chi connectivity index (χ0v) is 13.2. The van der Waals surface area contributed by atoms with E-state index in [-0.39, 0.29) is 23.0 Å². The molecule has 2 N–H and O–H groups in total. The van der Waals surface area contributed by atoms with E-state index in [2.05, 4.69) is 5.32 Å². The number of aromatic carboxylic acids is 1. The summed E-state index contributed by atoms with van der Waals surface area (Å²) in [5, 5.41) is 11.6. The number of carboxylic acid groups (broad SMARTS) is 1. The third-order valence-electron chi connectivity index (χ3n) is 3.13. The Kier molecular flexibility index (Phi) is 6.05. The molecule has 23 heavy (non-hydrogen) atoms. The Labute approximate surface area is 136 Å². The second kappa shape index (κ2) is 8.24. The molecule has 120 valence electrons. The molecule has 0 aliphatic heterocycles. The fourth-order valence-corrected chi connectivity index (χ4v) is 3.07. The van der Waals surface area contributed by atoms with Crippen LogP contribution in [0, 0.1) is 0 Å². The van der Waals surface area contributed by atoms with Gasteiger partial charge in [-0.1, -0.05) is 42.5 Å². The molecule has 0 spiro atoms. The van der Waals surface area contributed by atoms with Crippen LogP contribution >= 0.6 is 0 Å². The van der Waals surface area contributed by atoms with Crippen molar-refractivity contribution in [3.05, 3.63) is 71.3 Å². The lowest BCUT2D eigenvalue weighted by atomic mass is 10.1. The van der Waals surface area contributed by atoms with E-state index in [9.17, 15) is 13.8 Å². The van der Waals surface area contributed by atoms with Gasteiger partial charge in [0, 0.05) is 23.1 Å². The van der Waals surface area contributed by atoms with Gasteiger partial charge in [-0.3, -0.25) is 9.00 Å². The van der Waals surface area contributed by atoms with Crippen LogP contribution in [0.1, 0.15) is 21.5 Å². The summed E-state index contributed by atoms with van der Waals surface area (Å²) in [6.45, 7) is 0.394. The fraction of sp³-hybridized carbons (Fsp3) is 0.176. The average molecular weight is 331 g/mol. The summed E-state index contributed by atoms with van der Waals surface area (Å²) in [6.07, 6.45) is 0. The smallest absolute Gasteiger partial charge is 0.335 e. The number of rotatable bonds is 7. The molecule has 0 fully saturated rings. The first-order valence-electron chi connectivity index (χ1n) is 7.02. The highest BCUT2D eigenvalue weighted by atomic mass is 32.2. The van der Waals surface area contributed by atoms with E-state index in [1.54, 1.807) is 12.1 Å². The van der Waals surface area contributed by atoms with Gasteiger partial charge in [0.05, 0.1) is 5.56 Å². The van der Waals surface area contributed by atoms with Crippen molar-refractivity contribution < 1.29 is 18.9 Å². The minimum absolute atomic E-state index is 0.107. The molecule has 5 nitrogen and oxygen atoms in total. The summed E-state index contributed by atoms with van der Waals surface area (Å²) in [4.78, 5) is 22.7. The van der Waals surface area contributed by atoms with Gasteiger partial charge in [-0.25, -0.2) is 4.79 Å². The molecule has 0 heterocycles. The number of nitrogens with one attached hydrogen (secondary N) is 1. The Balaban J connectivity index is 1.83. The number of amides is 1. The predicted octanol–water partition coefficient (Wildman–Crippen LogP) is 1.95. The molecule has 1 atom stereocenters. The molecule has 2 aromatic rings. The number of hydrogen-bond donors (Lipinski definition) is 2. The Bertz CT molecular complexity index is 716. The van der Waals surface area contributed by atoms with Gasteiger partial charge in [0.25, 0.3) is 0 Å². The molecule has 6 heteroatoms. The summed E-state index contributed by atoms with van der Waals surface area (Å²) in [6, 6.07) is 15.7. The first-order valence-corrected chi connectivity index (χ1v) is 8.51. The summed E-state index contributed by atoms with van der Waals surface area (Å²) in [7, 11) is -1.39. The van der Waals surface area contributed by atoms with Crippen molar-refractivity contribution >= 4 is 22.7 Å². The lowest BCUT2D eigenvalue weighted by Crippen LogP contribution is -2.28. The van der Waals surface area contributed by atoms with Gasteiger partial charge in [-0.05, 0) is 23.3 Å². The molecule has 0 aliphatic rings. The van der Waals surface area contributed by atoms with Crippen LogP contribution in [0.15, 0.2) is 54.6 Å². The highest BCUT2D eigenvalue weighted by molar-refractivity contribution is 7.84. The molecule has 2 rings (SSSR count). The van der Waals surface area contributed by atoms with Crippen LogP contribution in [0.3, 0.4) is 0 Å². The molecule has 0 saturated carbocycles. The van der Waals surface area contributed by atoms with Gasteiger partial charge < -0.3 is 10.4 Å². The first-order chi connectivity index (χ1) is 11.0. The molecule has 0 aliphatic carbocycles. The molecule has 0 aromatic heterocycles. The number of carbonyl (C=O) groups excluding carboxylic acids is 1. The number of benzene rings is 2. The topological polar surface area (TPSA) is 83.5 Å². The lowest BCUT2D eigenvalue weighted by Gasteiger charge is -2.06. The van der Waals surface area contributed by atoms with E-state index in [0.717, 1.165) is 5.56 Å². The molecule has 2 aromatic carbocycles. The van der Waals surface area contributed by atoms with Gasteiger partial charge in [-0.2, -0.15) is 0 Å². The van der Waals surface area contributed by atoms with Gasteiger partial charge in [0.15, 0.2) is 0 Å². The summed E-state index contributed by atoms with van der Waals surface area (Å²) >= 11 is 0. The maximum atomic E-state index is 12.0. The Morgan fingerprint density at radius 3 is 2.39 bits per heavy atom. The van der Waals surface area contributed by atoms with E-state index >= 15 is 0 Å². The summed E-state index contributed by atoms with van der Waals surface area (Å²) in [5.74, 6) is -1.27. The van der Waals surface area contributed by atoms with Crippen molar-refractivity contribution in [2.45, 2.75) is 12.3 Å². The van der Waals surface area contributed by atoms with Crippen LogP contribution in [0.5, 0.6) is 0 Å². The Morgan fingerprint density at radius 1 is 1.00 bits per heavy atom. The second-order valence-corrected chi connectivity index (χ2v) is 6.45. The van der Waals surface area contributed by atoms with Crippen LogP contribution in [-0.4, -0.2) is 26.9 Å². The maximum Gasteiger partial charge on any atom is 0.335 e. The Hall–Kier alpha value is -2.47. The number of carboxylic acids is 1. The van der Waals surface area contributed by atoms with Crippen molar-refractivity contribution in [1.82, 2.24) is 5.32 Å². The van der Waals surface area contributed by atoms with Crippen LogP contribution < -0.4 is 5.32 Å². The normalized spacial score (nSPS) is 11.7. The van der Waals surface area contributed by atoms with Crippen molar-refractivity contribution in [2.24, 2.45) is 0 Å². The van der Waals surface area contributed by atoms with Crippen molar-refractivity contribution in [2.75, 3.05) is 5.75 Å². The van der Waals surface area contributed by atoms with Crippen LogP contribution in [-0.2, 0) is 27.9 Å². The van der Waals surface area contributed by atoms with Crippen LogP contribution in [0.2, 0.25) is 0 Å². The molecular formula is C17H17NO4S. The zero-order valence-electron chi connectivity index (χ0n) is 12.4. The Morgan fingerprint density at radius 2 is 1.70 bits per heavy atom. The van der Waals surface area contributed by atoms with E-state index in [0.29, 0.717) is 12.1 Å². The summed E-state index contributed by atoms with van der Waals surface area (Å²) < 4.78 is 12.0. The third kappa shape index (κ3) is 5.67. The SMILES string of the molecule is O=C(CS(=O)Cc1cccc(C(=O)O)c1)NCc1ccccc1. The van der Waals surface area contributed by atoms with E-state index in [1.807, 2.05) is 30.3 Å². The lowest BCUT2D eigenvalue weighted by molar-refractivity contribution is -0.118. The molecule has 0 saturated heterocycles. The largest absolute Gasteiger partial charge is 0.478 e. The highest BCUT2D eigenvalue weighted by Crippen LogP contribution is 2.08. The van der Waals surface area contributed by atoms with Gasteiger partial charge in [0.2, 0.25) is 5.91 Å². The van der Waals surface area contributed by atoms with Crippen LogP contribution in [0.25, 0.3) is 0 Å². The minimum Gasteiger partial charge on any atom is -0.478 e. The molecule has 1 unspecified atom stereocenters. The van der Waals surface area contributed by atoms with E-state index in [4.69, 9.17) is 5.11 Å². The van der Waals surface area contributed by atoms with E-state index < -0.39 is 16.8 Å². The van der Waals surface area contributed by atoms with Crippen LogP contribution in [0.4, 0.5) is 0 Å². The predicted molar refractivity (Wildman–Crippen MR) is 88.4 cm³/mol. The highest BCUT2D eigenvalue weighted by Gasteiger charge is 2.10. The fourth-order valence-electron chi connectivity index (χ4n) is 2.02. The first kappa shape index (κ1) is 16.9. The second-order valence-electron chi connectivity index (χ2n) is 5.00. The maximum absolute atomic E-state index is 12.0. The minimum atomic E-state index is -1.39. The van der Waals surface area contributed by atoms with Gasteiger partial charge >= 0.3 is 5.97 Å². The summed E-state index contributed by atoms with van der Waals surface area (Å²) in [5.41, 5.74) is 1.76. The van der Waals surface area contributed by atoms with Crippen molar-refractivity contribution in [3.8, 4) is 0 Å². The molecule has 0 bridgehead atoms. The monoisotopic (exact) mass is 331 g/mol. The van der Waals surface area contributed by atoms with Gasteiger partial charge in [-0.15, -0.1) is 0 Å². The number of hydrogen-bond acceptors (Lipinski definition) is 3. The molecule has 0 radical (unpaired) electrons. The zero-order chi connectivity index (χ0) is 16.7. The van der Waals surface area contributed by atoms with Crippen molar-refractivity contribution in [3.63, 3.8) is 0 Å². The average Bonchev–Trinajstić information content (AvgIpc) is 2.54. The number of carbonyl (C=O) groups is 2. The molecule has 1 amide bonds. The van der Waals surface area contributed by atoms with E-state index in [1.165, 1.54) is 12.1 Å². The van der Waals surface area contributed by atoms with Gasteiger partial charge in [0.1, 0.15) is 5.75 Å². The molecular weight excluding hydrogens is 314 g/mol.